The summed E-state index contributed by atoms with van der Waals surface area (Å²) in [5.41, 5.74) is 0. The normalized spacial score (nSPS) is 11.9. The molecule has 0 saturated heterocycles. The molecule has 836 valence electrons. The zero-order chi connectivity index (χ0) is 98.9. The van der Waals surface area contributed by atoms with Crippen LogP contribution in [0.4, 0.5) is 0 Å². The summed E-state index contributed by atoms with van der Waals surface area (Å²) in [4.78, 5) is 0. The molecule has 0 aromatic carbocycles. The Hall–Kier alpha value is 48.7. The standard InChI is InChI=1S/H2S139/c1-3-5-7-9-11-13-15-17-19-21-23-25-27-29-31-33-35-37-39-41-43-45-47-49-51-53-55-57-59-61-63-65-67-69-71-73-75-77-79-81-83-85-87-89-91-93-95-97-99-101-103-105-107-109-111-113-115-117-119-121-123-125-127-129-131-133-135-137-139-138-136-134-132-130-128-126-124-122-120-118-116-114-112-110-108-106-104-102-100-98-96-94-92-90-88-86-84-82-80-78-76-74-72-70-68-66-64-62-60-58-56-54-52-50-48-46-44-42-40-38-36-34-32-30-28-26-24-22-20-18-16-14-12-10-8-6-4-2/h1-2H. The molecule has 0 amide bonds. The van der Waals surface area contributed by atoms with Gasteiger partial charge in [-0.15, -0.1) is 0 Å². The minimum Gasteiger partial charge on any atom is -0.0988 e. The summed E-state index contributed by atoms with van der Waals surface area (Å²) in [7, 11) is 249. The molecular formula is H2S139. The highest BCUT2D eigenvalue weighted by Gasteiger charge is 2.13. The molecule has 0 aromatic rings. The van der Waals surface area contributed by atoms with Crippen molar-refractivity contribution in [3.63, 3.8) is 0 Å². The lowest BCUT2D eigenvalue weighted by molar-refractivity contribution is 5.59. The first kappa shape index (κ1) is 188. The third-order valence-electron chi connectivity index (χ3n) is 3.78. The predicted octanol–water partition coefficient (Wildman–Crippen LogP) is 89.6. The van der Waals surface area contributed by atoms with Crippen molar-refractivity contribution < 1.29 is 0 Å². The Morgan fingerprint density at radius 3 is 0.0791 bits per heavy atom. The smallest absolute Gasteiger partial charge is 0 e. The lowest BCUT2D eigenvalue weighted by atomic mass is 30.1. The van der Waals surface area contributed by atoms with Crippen LogP contribution in [-0.2, 0) is 0 Å². The fourth-order valence-electron chi connectivity index (χ4n) is 1.53. The monoisotopic (exact) mass is 4450 g/mol. The maximum atomic E-state index is 4.11. The second-order valence-corrected chi connectivity index (χ2v) is 252. The molecule has 0 atom stereocenters. The molecule has 0 unspecified atom stereocenters. The van der Waals surface area contributed by atoms with Crippen LogP contribution in [0.2, 0.25) is 0 Å². The molecule has 0 fully saturated rings. The molecule has 0 aliphatic heterocycles. The van der Waals surface area contributed by atoms with E-state index in [1.165, 1.54) is 19.7 Å². The van der Waals surface area contributed by atoms with Crippen LogP contribution in [0.1, 0.15) is 0 Å². The van der Waals surface area contributed by atoms with Gasteiger partial charge in [-0.1, -0.05) is 23.3 Å². The maximum absolute atomic E-state index is 4.11. The Labute approximate surface area is 1330 Å². The largest absolute Gasteiger partial charge is 0.0988 e. The van der Waals surface area contributed by atoms with E-state index in [-0.39, 0.29) is 0 Å². The Kier molecular flexibility index (Phi) is 252. The van der Waals surface area contributed by atoms with E-state index in [1.807, 2.05) is 1230 Å². The van der Waals surface area contributed by atoms with E-state index in [0.717, 1.165) is 0 Å². The molecule has 0 N–H and O–H groups in total. The van der Waals surface area contributed by atoms with Gasteiger partial charge in [0.2, 0.25) is 0 Å². The zero-order valence-electron chi connectivity index (χ0n) is 56.8. The number of hydrogen-bond acceptors (Lipinski definition) is 139. The lowest BCUT2D eigenvalue weighted by Gasteiger charge is -2.00. The van der Waals surface area contributed by atoms with Gasteiger partial charge in [0.15, 0.2) is 0 Å². The minimum atomic E-state index is 1.49. The van der Waals surface area contributed by atoms with Gasteiger partial charge in [0.05, 0.1) is 0 Å². The van der Waals surface area contributed by atoms with Crippen molar-refractivity contribution >= 4 is 1370 Å². The van der Waals surface area contributed by atoms with Gasteiger partial charge in [-0.05, 0) is 157 Å². The van der Waals surface area contributed by atoms with Crippen molar-refractivity contribution in [2.45, 2.75) is 0 Å². The van der Waals surface area contributed by atoms with Gasteiger partial charge in [0, 0.05) is 1190 Å². The highest BCUT2D eigenvalue weighted by Crippen LogP contribution is 2.78. The van der Waals surface area contributed by atoms with Crippen LogP contribution in [0.15, 0.2) is 0 Å². The van der Waals surface area contributed by atoms with E-state index >= 15 is 0 Å². The Balaban J connectivity index is 3.10. The molecule has 0 aliphatic rings. The zero-order valence-corrected chi connectivity index (χ0v) is 170. The Bertz CT molecular complexity index is 1640. The topological polar surface area (TPSA) is 0 Å². The summed E-state index contributed by atoms with van der Waals surface area (Å²) in [6, 6.07) is 0. The molecule has 0 aliphatic carbocycles. The molecule has 0 rings (SSSR count). The molecule has 0 nitrogen and oxygen atoms in total. The van der Waals surface area contributed by atoms with E-state index < -0.39 is 0 Å². The SMILES string of the molecule is SSSSSSSSSSSSSSSSSSSSSSSSSSSSSSSSSSSSSSSSSSSSSSSSSSSSSSSSSSSSSSSSSSSSSSSSSSSSSSSSSSSSSSSSSSSSSSSSSSSSSSSSSSSSSSSSSSSSSSSSSSSSSSSSSSSSSSSSSSS. The summed E-state index contributed by atoms with van der Waals surface area (Å²) in [6.07, 6.45) is 0. The van der Waals surface area contributed by atoms with Gasteiger partial charge in [-0.2, -0.15) is 0 Å². The first-order valence-electron chi connectivity index (χ1n) is 23.0. The van der Waals surface area contributed by atoms with Gasteiger partial charge in [0.1, 0.15) is 0 Å². The summed E-state index contributed by atoms with van der Waals surface area (Å²) in [6.45, 7) is 0. The average Bonchev–Trinajstić information content (AvgIpc) is 1.10. The Morgan fingerprint density at radius 1 is 0.0360 bits per heavy atom. The molecule has 0 aromatic heterocycles. The Morgan fingerprint density at radius 2 is 0.0576 bits per heavy atom. The van der Waals surface area contributed by atoms with Gasteiger partial charge < -0.3 is 0 Å². The lowest BCUT2D eigenvalue weighted by Crippen LogP contribution is -1.35. The van der Waals surface area contributed by atoms with Gasteiger partial charge >= 0.3 is 0 Å². The van der Waals surface area contributed by atoms with Crippen molar-refractivity contribution in [3.8, 4) is 0 Å². The van der Waals surface area contributed by atoms with E-state index in [9.17, 15) is 0 Å². The fourth-order valence-corrected chi connectivity index (χ4v) is 373. The van der Waals surface area contributed by atoms with Crippen molar-refractivity contribution in [3.05, 3.63) is 0 Å². The highest BCUT2D eigenvalue weighted by atomic mass is 34.2. The molecule has 0 bridgehead atoms. The van der Waals surface area contributed by atoms with E-state index in [4.69, 9.17) is 0 Å². The molecule has 0 radical (unpaired) electrons. The third-order valence-corrected chi connectivity index (χ3v) is 306. The van der Waals surface area contributed by atoms with Crippen molar-refractivity contribution in [1.29, 1.82) is 0 Å². The van der Waals surface area contributed by atoms with Crippen molar-refractivity contribution in [2.24, 2.45) is 0 Å². The van der Waals surface area contributed by atoms with E-state index in [1.54, 1.807) is 98.3 Å². The van der Waals surface area contributed by atoms with Gasteiger partial charge in [-0.3, -0.25) is 0 Å². The minimum absolute atomic E-state index is 1.49. The van der Waals surface area contributed by atoms with Crippen molar-refractivity contribution in [2.75, 3.05) is 0 Å². The number of hydrogen-bond donors (Lipinski definition) is 2. The average molecular weight is 4460 g/mol. The molecule has 0 saturated carbocycles. The van der Waals surface area contributed by atoms with Crippen LogP contribution >= 0.6 is 1370 Å². The van der Waals surface area contributed by atoms with Gasteiger partial charge in [-0.25, -0.2) is 0 Å². The van der Waals surface area contributed by atoms with Crippen LogP contribution < -0.4 is 0 Å². The number of rotatable bonds is 136. The molecule has 0 heterocycles. The molecule has 139 heavy (non-hydrogen) atoms. The second kappa shape index (κ2) is 187. The van der Waals surface area contributed by atoms with Crippen LogP contribution in [0, 0.1) is 0 Å². The van der Waals surface area contributed by atoms with Crippen LogP contribution in [0.5, 0.6) is 0 Å². The fraction of sp³-hybridized carbons (Fsp3) is 0. The van der Waals surface area contributed by atoms with E-state index in [0.29, 0.717) is 0 Å². The summed E-state index contributed by atoms with van der Waals surface area (Å²) in [5.74, 6) is 0. The van der Waals surface area contributed by atoms with Crippen LogP contribution in [0.25, 0.3) is 0 Å². The van der Waals surface area contributed by atoms with Crippen LogP contribution in [0.3, 0.4) is 0 Å². The van der Waals surface area contributed by atoms with Crippen LogP contribution in [-0.4, -0.2) is 0 Å². The van der Waals surface area contributed by atoms with Crippen molar-refractivity contribution in [1.82, 2.24) is 0 Å². The summed E-state index contributed by atoms with van der Waals surface area (Å²) in [5, 5.41) is 0. The number of thiol groups is 2. The third kappa shape index (κ3) is 187. The molecule has 139 heteroatoms. The predicted molar refractivity (Wildman–Crippen MR) is 1060 cm³/mol. The highest BCUT2D eigenvalue weighted by molar-refractivity contribution is 9.72. The molecular weight excluding hydrogens is 4460 g/mol. The molecule has 0 spiro atoms. The second-order valence-electron chi connectivity index (χ2n) is 9.33. The first-order chi connectivity index (χ1) is 69.4. The maximum Gasteiger partial charge on any atom is 0 e. The summed E-state index contributed by atoms with van der Waals surface area (Å²) < 4.78 is 0. The first-order valence-corrected chi connectivity index (χ1v) is 207. The quantitative estimate of drug-likeness (QED) is 0.0337. The van der Waals surface area contributed by atoms with Gasteiger partial charge in [0.25, 0.3) is 0 Å². The van der Waals surface area contributed by atoms with E-state index in [2.05, 4.69) is 23.3 Å². The summed E-state index contributed by atoms with van der Waals surface area (Å²) >= 11 is 8.22.